The molecule has 4 nitrogen and oxygen atoms in total. The van der Waals surface area contributed by atoms with Gasteiger partial charge in [-0.05, 0) is 13.1 Å². The summed E-state index contributed by atoms with van der Waals surface area (Å²) in [5.41, 5.74) is 1.38. The Balaban J connectivity index is 2.70. The van der Waals surface area contributed by atoms with Crippen molar-refractivity contribution in [2.45, 2.75) is 6.61 Å². The van der Waals surface area contributed by atoms with Crippen LogP contribution in [0.5, 0.6) is 0 Å². The van der Waals surface area contributed by atoms with Crippen molar-refractivity contribution in [3.63, 3.8) is 0 Å². The van der Waals surface area contributed by atoms with Gasteiger partial charge in [0, 0.05) is 11.3 Å². The van der Waals surface area contributed by atoms with Crippen molar-refractivity contribution in [3.05, 3.63) is 29.8 Å². The highest BCUT2D eigenvalue weighted by atomic mass is 16.3. The number of para-hydroxylation sites is 1. The van der Waals surface area contributed by atoms with Gasteiger partial charge in [0.25, 0.3) is 0 Å². The molecule has 0 atom stereocenters. The summed E-state index contributed by atoms with van der Waals surface area (Å²) in [4.78, 5) is 11.2. The van der Waals surface area contributed by atoms with E-state index < -0.39 is 0 Å². The summed E-state index contributed by atoms with van der Waals surface area (Å²) in [5.74, 6) is -0.117. The highest BCUT2D eigenvalue weighted by Gasteiger charge is 2.03. The molecule has 0 aliphatic heterocycles. The van der Waals surface area contributed by atoms with Crippen LogP contribution in [0.1, 0.15) is 5.56 Å². The highest BCUT2D eigenvalue weighted by molar-refractivity contribution is 5.92. The number of aliphatic hydroxyl groups is 1. The third-order valence-corrected chi connectivity index (χ3v) is 1.80. The van der Waals surface area contributed by atoms with Gasteiger partial charge in [0.1, 0.15) is 0 Å². The lowest BCUT2D eigenvalue weighted by Crippen LogP contribution is -2.25. The Morgan fingerprint density at radius 1 is 1.43 bits per heavy atom. The number of hydrogen-bond acceptors (Lipinski definition) is 3. The summed E-state index contributed by atoms with van der Waals surface area (Å²) >= 11 is 0. The van der Waals surface area contributed by atoms with Crippen molar-refractivity contribution < 1.29 is 9.90 Å². The van der Waals surface area contributed by atoms with Crippen LogP contribution in [0, 0.1) is 0 Å². The molecule has 1 rings (SSSR count). The van der Waals surface area contributed by atoms with Gasteiger partial charge in [-0.1, -0.05) is 18.2 Å². The largest absolute Gasteiger partial charge is 0.392 e. The minimum atomic E-state index is -0.117. The smallest absolute Gasteiger partial charge is 0.238 e. The molecule has 0 unspecified atom stereocenters. The molecule has 0 bridgehead atoms. The Hall–Kier alpha value is -1.39. The molecule has 0 saturated heterocycles. The first-order valence-corrected chi connectivity index (χ1v) is 4.41. The summed E-state index contributed by atoms with van der Waals surface area (Å²) in [5, 5.41) is 14.4. The molecule has 0 aromatic heterocycles. The van der Waals surface area contributed by atoms with Crippen molar-refractivity contribution in [1.82, 2.24) is 5.32 Å². The third kappa shape index (κ3) is 2.83. The third-order valence-electron chi connectivity index (χ3n) is 1.80. The lowest BCUT2D eigenvalue weighted by Gasteiger charge is -2.08. The van der Waals surface area contributed by atoms with Crippen LogP contribution in [0.15, 0.2) is 24.3 Å². The highest BCUT2D eigenvalue weighted by Crippen LogP contribution is 2.14. The Bertz CT molecular complexity index is 313. The van der Waals surface area contributed by atoms with Crippen molar-refractivity contribution >= 4 is 11.6 Å². The molecule has 76 valence electrons. The van der Waals surface area contributed by atoms with Crippen LogP contribution in [0.2, 0.25) is 0 Å². The van der Waals surface area contributed by atoms with E-state index in [0.717, 1.165) is 5.56 Å². The van der Waals surface area contributed by atoms with Crippen LogP contribution in [0.25, 0.3) is 0 Å². The summed E-state index contributed by atoms with van der Waals surface area (Å²) in [6.45, 7) is 0.190. The molecule has 0 radical (unpaired) electrons. The quantitative estimate of drug-likeness (QED) is 0.647. The van der Waals surface area contributed by atoms with E-state index in [1.54, 1.807) is 19.2 Å². The number of likely N-dealkylation sites (N-methyl/N-ethyl adjacent to an activating group) is 1. The van der Waals surface area contributed by atoms with Gasteiger partial charge < -0.3 is 15.7 Å². The predicted octanol–water partition coefficient (Wildman–Crippen LogP) is 0.337. The van der Waals surface area contributed by atoms with Crippen LogP contribution >= 0.6 is 0 Å². The number of aliphatic hydroxyl groups excluding tert-OH is 1. The number of amides is 1. The van der Waals surface area contributed by atoms with Crippen LogP contribution in [0.3, 0.4) is 0 Å². The summed E-state index contributed by atoms with van der Waals surface area (Å²) < 4.78 is 0. The van der Waals surface area contributed by atoms with Crippen molar-refractivity contribution in [1.29, 1.82) is 0 Å². The molecule has 3 N–H and O–H groups in total. The molecule has 0 fully saturated rings. The van der Waals surface area contributed by atoms with Crippen LogP contribution in [-0.2, 0) is 11.4 Å². The fraction of sp³-hybridized carbons (Fsp3) is 0.300. The standard InChI is InChI=1S/C10H14N2O2/c1-11-6-10(14)12-9-5-3-2-4-8(9)7-13/h2-5,11,13H,6-7H2,1H3,(H,12,14). The van der Waals surface area contributed by atoms with E-state index in [0.29, 0.717) is 5.69 Å². The van der Waals surface area contributed by atoms with Crippen molar-refractivity contribution in [2.75, 3.05) is 18.9 Å². The SMILES string of the molecule is CNCC(=O)Nc1ccccc1CO. The van der Waals surface area contributed by atoms with Crippen LogP contribution < -0.4 is 10.6 Å². The molecule has 0 aliphatic carbocycles. The zero-order valence-corrected chi connectivity index (χ0v) is 8.08. The molecule has 1 aromatic carbocycles. The maximum absolute atomic E-state index is 11.2. The lowest BCUT2D eigenvalue weighted by molar-refractivity contribution is -0.115. The molecule has 0 heterocycles. The first-order chi connectivity index (χ1) is 6.77. The van der Waals surface area contributed by atoms with Crippen molar-refractivity contribution in [3.8, 4) is 0 Å². The number of hydrogen-bond donors (Lipinski definition) is 3. The van der Waals surface area contributed by atoms with E-state index in [1.807, 2.05) is 12.1 Å². The summed E-state index contributed by atoms with van der Waals surface area (Å²) in [6, 6.07) is 7.17. The van der Waals surface area contributed by atoms with Crippen LogP contribution in [-0.4, -0.2) is 24.6 Å². The molecule has 4 heteroatoms. The minimum Gasteiger partial charge on any atom is -0.392 e. The van der Waals surface area contributed by atoms with Gasteiger partial charge in [-0.2, -0.15) is 0 Å². The number of nitrogens with one attached hydrogen (secondary N) is 2. The Kier molecular flexibility index (Phi) is 4.10. The molecule has 1 amide bonds. The minimum absolute atomic E-state index is 0.0734. The number of carbonyl (C=O) groups is 1. The molecule has 0 aliphatic rings. The van der Waals surface area contributed by atoms with E-state index in [9.17, 15) is 4.79 Å². The average molecular weight is 194 g/mol. The molecular formula is C10H14N2O2. The Labute approximate surface area is 82.9 Å². The Morgan fingerprint density at radius 2 is 2.14 bits per heavy atom. The van der Waals surface area contributed by atoms with Crippen molar-refractivity contribution in [2.24, 2.45) is 0 Å². The topological polar surface area (TPSA) is 61.4 Å². The fourth-order valence-corrected chi connectivity index (χ4v) is 1.14. The van der Waals surface area contributed by atoms with Gasteiger partial charge in [0.2, 0.25) is 5.91 Å². The summed E-state index contributed by atoms with van der Waals surface area (Å²) in [6.07, 6.45) is 0. The van der Waals surface area contributed by atoms with E-state index in [-0.39, 0.29) is 19.1 Å². The molecule has 0 spiro atoms. The normalized spacial score (nSPS) is 9.86. The summed E-state index contributed by atoms with van der Waals surface area (Å²) in [7, 11) is 1.71. The number of carbonyl (C=O) groups excluding carboxylic acids is 1. The maximum atomic E-state index is 11.2. The zero-order valence-electron chi connectivity index (χ0n) is 8.08. The average Bonchev–Trinajstić information content (AvgIpc) is 2.19. The molecule has 14 heavy (non-hydrogen) atoms. The molecule has 0 saturated carbocycles. The molecule has 1 aromatic rings. The number of benzene rings is 1. The second kappa shape index (κ2) is 5.36. The Morgan fingerprint density at radius 3 is 2.79 bits per heavy atom. The number of rotatable bonds is 4. The second-order valence-electron chi connectivity index (χ2n) is 2.89. The lowest BCUT2D eigenvalue weighted by atomic mass is 10.2. The van der Waals surface area contributed by atoms with Gasteiger partial charge in [-0.25, -0.2) is 0 Å². The van der Waals surface area contributed by atoms with E-state index >= 15 is 0 Å². The van der Waals surface area contributed by atoms with E-state index in [4.69, 9.17) is 5.11 Å². The first kappa shape index (κ1) is 10.7. The molecular weight excluding hydrogens is 180 g/mol. The number of anilines is 1. The van der Waals surface area contributed by atoms with Gasteiger partial charge >= 0.3 is 0 Å². The zero-order chi connectivity index (χ0) is 10.4. The monoisotopic (exact) mass is 194 g/mol. The maximum Gasteiger partial charge on any atom is 0.238 e. The second-order valence-corrected chi connectivity index (χ2v) is 2.89. The van der Waals surface area contributed by atoms with Gasteiger partial charge in [0.05, 0.1) is 13.2 Å². The van der Waals surface area contributed by atoms with E-state index in [2.05, 4.69) is 10.6 Å². The fourth-order valence-electron chi connectivity index (χ4n) is 1.14. The van der Waals surface area contributed by atoms with Gasteiger partial charge in [-0.15, -0.1) is 0 Å². The first-order valence-electron chi connectivity index (χ1n) is 4.41. The predicted molar refractivity (Wildman–Crippen MR) is 54.9 cm³/mol. The van der Waals surface area contributed by atoms with Gasteiger partial charge in [-0.3, -0.25) is 4.79 Å². The van der Waals surface area contributed by atoms with Gasteiger partial charge in [0.15, 0.2) is 0 Å². The van der Waals surface area contributed by atoms with E-state index in [1.165, 1.54) is 0 Å². The van der Waals surface area contributed by atoms with Crippen LogP contribution in [0.4, 0.5) is 5.69 Å².